The van der Waals surface area contributed by atoms with Gasteiger partial charge in [-0.15, -0.1) is 0 Å². The SMILES string of the molecule is O=[PH]([O-])c1ccccc1.O=[PH]([O-])c1ccccc1.O=[PH]([O-])c1ccccc1.[Al+3]. The zero-order valence-corrected chi connectivity index (χ0v) is 18.8. The maximum absolute atomic E-state index is 10.3. The van der Waals surface area contributed by atoms with Crippen LogP contribution in [-0.2, 0) is 13.7 Å². The van der Waals surface area contributed by atoms with Gasteiger partial charge in [-0.3, -0.25) is 0 Å². The van der Waals surface area contributed by atoms with Crippen molar-refractivity contribution in [1.82, 2.24) is 0 Å². The minimum atomic E-state index is -2.71. The fraction of sp³-hybridized carbons (Fsp3) is 0. The van der Waals surface area contributed by atoms with Crippen LogP contribution in [0.5, 0.6) is 0 Å². The fourth-order valence-corrected chi connectivity index (χ4v) is 3.12. The molecule has 0 aliphatic rings. The largest absolute Gasteiger partial charge is 3.00 e. The van der Waals surface area contributed by atoms with E-state index in [1.165, 1.54) is 0 Å². The van der Waals surface area contributed by atoms with Gasteiger partial charge in [0, 0.05) is 24.1 Å². The van der Waals surface area contributed by atoms with E-state index < -0.39 is 24.1 Å². The van der Waals surface area contributed by atoms with E-state index in [-0.39, 0.29) is 17.4 Å². The molecule has 0 aliphatic heterocycles. The predicted molar refractivity (Wildman–Crippen MR) is 111 cm³/mol. The van der Waals surface area contributed by atoms with Crippen LogP contribution in [0.25, 0.3) is 0 Å². The summed E-state index contributed by atoms with van der Waals surface area (Å²) in [6.07, 6.45) is 0. The maximum Gasteiger partial charge on any atom is 3.00 e. The molecule has 0 amide bonds. The molecule has 6 nitrogen and oxygen atoms in total. The van der Waals surface area contributed by atoms with Crippen molar-refractivity contribution >= 4 is 57.4 Å². The Morgan fingerprint density at radius 1 is 0.429 bits per heavy atom. The van der Waals surface area contributed by atoms with Crippen molar-refractivity contribution in [2.45, 2.75) is 0 Å². The molecule has 144 valence electrons. The van der Waals surface area contributed by atoms with Crippen LogP contribution in [0.2, 0.25) is 0 Å². The second kappa shape index (κ2) is 15.7. The van der Waals surface area contributed by atoms with Crippen LogP contribution in [-0.4, -0.2) is 17.4 Å². The summed E-state index contributed by atoms with van der Waals surface area (Å²) in [6.45, 7) is 0. The van der Waals surface area contributed by atoms with Gasteiger partial charge in [-0.05, 0) is 15.9 Å². The van der Waals surface area contributed by atoms with Gasteiger partial charge in [-0.25, -0.2) is 0 Å². The molecule has 0 heterocycles. The van der Waals surface area contributed by atoms with E-state index in [0.29, 0.717) is 15.9 Å². The van der Waals surface area contributed by atoms with Crippen molar-refractivity contribution < 1.29 is 28.4 Å². The fourth-order valence-electron chi connectivity index (χ4n) is 1.72. The third-order valence-corrected chi connectivity index (χ3v) is 5.44. The first kappa shape index (κ1) is 26.8. The molecule has 0 N–H and O–H groups in total. The number of rotatable bonds is 3. The van der Waals surface area contributed by atoms with E-state index >= 15 is 0 Å². The van der Waals surface area contributed by atoms with Gasteiger partial charge in [0.1, 0.15) is 0 Å². The quantitative estimate of drug-likeness (QED) is 0.411. The van der Waals surface area contributed by atoms with Crippen molar-refractivity contribution in [3.8, 4) is 0 Å². The van der Waals surface area contributed by atoms with Crippen LogP contribution in [0, 0.1) is 0 Å². The summed E-state index contributed by atoms with van der Waals surface area (Å²) in [5.41, 5.74) is 0. The molecule has 3 unspecified atom stereocenters. The minimum Gasteiger partial charge on any atom is -0.798 e. The summed E-state index contributed by atoms with van der Waals surface area (Å²) in [5, 5.41) is 1.22. The molecule has 3 aromatic carbocycles. The molecule has 3 aromatic rings. The van der Waals surface area contributed by atoms with Crippen molar-refractivity contribution in [3.05, 3.63) is 91.0 Å². The van der Waals surface area contributed by atoms with Crippen molar-refractivity contribution in [2.24, 2.45) is 0 Å². The average Bonchev–Trinajstić information content (AvgIpc) is 2.71. The zero-order chi connectivity index (χ0) is 20.1. The molecule has 0 spiro atoms. The number of benzene rings is 3. The molecular weight excluding hydrogens is 432 g/mol. The minimum absolute atomic E-state index is 0. The normalized spacial score (nSPS) is 12.5. The van der Waals surface area contributed by atoms with Gasteiger partial charge in [0.15, 0.2) is 0 Å². The van der Waals surface area contributed by atoms with Gasteiger partial charge in [0.05, 0.1) is 0 Å². The van der Waals surface area contributed by atoms with E-state index in [1.54, 1.807) is 91.0 Å². The van der Waals surface area contributed by atoms with Crippen LogP contribution < -0.4 is 30.6 Å². The summed E-state index contributed by atoms with van der Waals surface area (Å²) in [5.74, 6) is 0. The Morgan fingerprint density at radius 2 is 0.607 bits per heavy atom. The molecule has 0 aromatic heterocycles. The molecule has 0 radical (unpaired) electrons. The van der Waals surface area contributed by atoms with Gasteiger partial charge in [0.25, 0.3) is 0 Å². The van der Waals surface area contributed by atoms with Crippen LogP contribution in [0.1, 0.15) is 0 Å². The molecule has 10 heteroatoms. The zero-order valence-electron chi connectivity index (χ0n) is 14.7. The Labute approximate surface area is 176 Å². The van der Waals surface area contributed by atoms with E-state index in [0.717, 1.165) is 0 Å². The molecule has 0 aliphatic carbocycles. The Balaban J connectivity index is 0.000000384. The van der Waals surface area contributed by atoms with E-state index in [1.807, 2.05) is 0 Å². The third-order valence-electron chi connectivity index (χ3n) is 3.03. The summed E-state index contributed by atoms with van der Waals surface area (Å²) in [4.78, 5) is 30.8. The van der Waals surface area contributed by atoms with E-state index in [9.17, 15) is 28.4 Å². The van der Waals surface area contributed by atoms with Crippen LogP contribution in [0.15, 0.2) is 91.0 Å². The molecule has 0 saturated heterocycles. The third kappa shape index (κ3) is 11.6. The van der Waals surface area contributed by atoms with Crippen LogP contribution in [0.3, 0.4) is 0 Å². The molecule has 0 bridgehead atoms. The van der Waals surface area contributed by atoms with Gasteiger partial charge in [-0.1, -0.05) is 91.0 Å². The first-order valence-corrected chi connectivity index (χ1v) is 11.7. The number of hydrogen-bond donors (Lipinski definition) is 0. The second-order valence-corrected chi connectivity index (χ2v) is 8.42. The van der Waals surface area contributed by atoms with Crippen molar-refractivity contribution in [2.75, 3.05) is 0 Å². The molecule has 0 fully saturated rings. The molecule has 0 saturated carbocycles. The summed E-state index contributed by atoms with van der Waals surface area (Å²) >= 11 is 0. The van der Waals surface area contributed by atoms with Crippen molar-refractivity contribution in [3.63, 3.8) is 0 Å². The summed E-state index contributed by atoms with van der Waals surface area (Å²) < 4.78 is 30.8. The van der Waals surface area contributed by atoms with Crippen LogP contribution >= 0.6 is 24.1 Å². The maximum atomic E-state index is 10.3. The Hall–Kier alpha value is -1.24. The van der Waals surface area contributed by atoms with Gasteiger partial charge in [0.2, 0.25) is 0 Å². The molecule has 28 heavy (non-hydrogen) atoms. The standard InChI is InChI=1S/3C6H7O2P.Al/c3*7-9(8)6-4-2-1-3-5-6;/h3*1-5,9H,(H,7,8);/q;;;+3/p-3. The topological polar surface area (TPSA) is 120 Å². The first-order valence-electron chi connectivity index (χ1n) is 7.71. The molecular formula is C18H18AlO6P3. The predicted octanol–water partition coefficient (Wildman–Crippen LogP) is 0.0599. The van der Waals surface area contributed by atoms with Gasteiger partial charge < -0.3 is 28.4 Å². The monoisotopic (exact) mass is 450 g/mol. The van der Waals surface area contributed by atoms with Crippen molar-refractivity contribution in [1.29, 1.82) is 0 Å². The Morgan fingerprint density at radius 3 is 0.714 bits per heavy atom. The molecule has 3 rings (SSSR count). The average molecular weight is 450 g/mol. The Bertz CT molecular complexity index is 747. The number of hydrogen-bond acceptors (Lipinski definition) is 6. The Kier molecular flexibility index (Phi) is 15.0. The second-order valence-electron chi connectivity index (χ2n) is 4.96. The smallest absolute Gasteiger partial charge is 0.798 e. The molecule has 3 atom stereocenters. The summed E-state index contributed by atoms with van der Waals surface area (Å²) in [6, 6.07) is 25.0. The van der Waals surface area contributed by atoms with Crippen LogP contribution in [0.4, 0.5) is 0 Å². The van der Waals surface area contributed by atoms with E-state index in [2.05, 4.69) is 0 Å². The summed E-state index contributed by atoms with van der Waals surface area (Å²) in [7, 11) is -8.14. The first-order chi connectivity index (χ1) is 12.9. The van der Waals surface area contributed by atoms with Gasteiger partial charge in [-0.2, -0.15) is 0 Å². The van der Waals surface area contributed by atoms with E-state index in [4.69, 9.17) is 0 Å². The van der Waals surface area contributed by atoms with Gasteiger partial charge >= 0.3 is 17.4 Å².